The zero-order valence-electron chi connectivity index (χ0n) is 11.4. The predicted molar refractivity (Wildman–Crippen MR) is 72.9 cm³/mol. The topological polar surface area (TPSA) is 105 Å². The average molecular weight is 295 g/mol. The van der Waals surface area contributed by atoms with E-state index in [1.54, 1.807) is 18.2 Å². The fourth-order valence-corrected chi connectivity index (χ4v) is 2.07. The standard InChI is InChI=1S/C14H17NO6/c16-4-3-15-10(8-13(17)18)14(19)9-1-2-11-12(7-9)21-6-5-20-11/h1-2,7,10,15-16H,3-6,8H2,(H,17,18). The minimum Gasteiger partial charge on any atom is -0.486 e. The second-order valence-corrected chi connectivity index (χ2v) is 4.55. The van der Waals surface area contributed by atoms with Crippen molar-refractivity contribution in [2.75, 3.05) is 26.4 Å². The Morgan fingerprint density at radius 1 is 1.24 bits per heavy atom. The van der Waals surface area contributed by atoms with Crippen molar-refractivity contribution in [3.05, 3.63) is 23.8 Å². The van der Waals surface area contributed by atoms with Crippen LogP contribution in [-0.2, 0) is 4.79 Å². The number of nitrogens with one attached hydrogen (secondary N) is 1. The van der Waals surface area contributed by atoms with E-state index in [1.807, 2.05) is 0 Å². The maximum atomic E-state index is 12.4. The Morgan fingerprint density at radius 3 is 2.62 bits per heavy atom. The first-order valence-corrected chi connectivity index (χ1v) is 6.61. The van der Waals surface area contributed by atoms with Gasteiger partial charge in [-0.1, -0.05) is 0 Å². The number of hydrogen-bond acceptors (Lipinski definition) is 6. The Kier molecular flexibility index (Phi) is 5.13. The van der Waals surface area contributed by atoms with Crippen LogP contribution in [0.1, 0.15) is 16.8 Å². The number of ketones is 1. The number of aliphatic carboxylic acids is 1. The summed E-state index contributed by atoms with van der Waals surface area (Å²) in [5.41, 5.74) is 0.343. The molecule has 0 fully saturated rings. The Morgan fingerprint density at radius 2 is 1.95 bits per heavy atom. The summed E-state index contributed by atoms with van der Waals surface area (Å²) in [5, 5.41) is 20.4. The molecule has 1 heterocycles. The lowest BCUT2D eigenvalue weighted by Gasteiger charge is -2.20. The summed E-state index contributed by atoms with van der Waals surface area (Å²) in [4.78, 5) is 23.2. The number of carboxylic acid groups (broad SMARTS) is 1. The first-order chi connectivity index (χ1) is 10.1. The van der Waals surface area contributed by atoms with Crippen molar-refractivity contribution in [2.45, 2.75) is 12.5 Å². The highest BCUT2D eigenvalue weighted by Crippen LogP contribution is 2.31. The second-order valence-electron chi connectivity index (χ2n) is 4.55. The highest BCUT2D eigenvalue weighted by Gasteiger charge is 2.24. The molecule has 2 rings (SSSR count). The van der Waals surface area contributed by atoms with Crippen molar-refractivity contribution in [3.63, 3.8) is 0 Å². The number of rotatable bonds is 7. The smallest absolute Gasteiger partial charge is 0.305 e. The molecule has 114 valence electrons. The second kappa shape index (κ2) is 7.05. The largest absolute Gasteiger partial charge is 0.486 e. The van der Waals surface area contributed by atoms with E-state index in [-0.39, 0.29) is 25.4 Å². The van der Waals surface area contributed by atoms with Crippen LogP contribution in [0.5, 0.6) is 11.5 Å². The minimum absolute atomic E-state index is 0.147. The normalized spacial score (nSPS) is 14.5. The van der Waals surface area contributed by atoms with Gasteiger partial charge in [-0.25, -0.2) is 0 Å². The van der Waals surface area contributed by atoms with Crippen molar-refractivity contribution in [1.29, 1.82) is 0 Å². The monoisotopic (exact) mass is 295 g/mol. The quantitative estimate of drug-likeness (QED) is 0.611. The Labute approximate surface area is 121 Å². The molecule has 1 aromatic rings. The molecule has 1 unspecified atom stereocenters. The van der Waals surface area contributed by atoms with Gasteiger partial charge in [0.25, 0.3) is 0 Å². The van der Waals surface area contributed by atoms with Crippen LogP contribution in [0.15, 0.2) is 18.2 Å². The zero-order chi connectivity index (χ0) is 15.2. The van der Waals surface area contributed by atoms with Gasteiger partial charge in [0.15, 0.2) is 17.3 Å². The van der Waals surface area contributed by atoms with Crippen LogP contribution in [-0.4, -0.2) is 54.4 Å². The average Bonchev–Trinajstić information content (AvgIpc) is 2.50. The van der Waals surface area contributed by atoms with E-state index in [9.17, 15) is 9.59 Å². The summed E-state index contributed by atoms with van der Waals surface area (Å²) in [5.74, 6) is -0.404. The van der Waals surface area contributed by atoms with E-state index < -0.39 is 12.0 Å². The summed E-state index contributed by atoms with van der Waals surface area (Å²) in [7, 11) is 0. The third-order valence-corrected chi connectivity index (χ3v) is 3.02. The predicted octanol–water partition coefficient (Wildman–Crippen LogP) is 0.0657. The summed E-state index contributed by atoms with van der Waals surface area (Å²) >= 11 is 0. The molecule has 1 aromatic carbocycles. The third-order valence-electron chi connectivity index (χ3n) is 3.02. The van der Waals surface area contributed by atoms with E-state index in [2.05, 4.69) is 5.32 Å². The molecule has 0 saturated carbocycles. The highest BCUT2D eigenvalue weighted by atomic mass is 16.6. The number of ether oxygens (including phenoxy) is 2. The van der Waals surface area contributed by atoms with Gasteiger partial charge in [0.05, 0.1) is 19.1 Å². The first-order valence-electron chi connectivity index (χ1n) is 6.61. The van der Waals surface area contributed by atoms with Gasteiger partial charge in [0, 0.05) is 12.1 Å². The molecule has 21 heavy (non-hydrogen) atoms. The maximum Gasteiger partial charge on any atom is 0.305 e. The molecule has 7 heteroatoms. The number of aliphatic hydroxyl groups is 1. The fraction of sp³-hybridized carbons (Fsp3) is 0.429. The zero-order valence-corrected chi connectivity index (χ0v) is 11.4. The van der Waals surface area contributed by atoms with E-state index in [0.717, 1.165) is 0 Å². The van der Waals surface area contributed by atoms with E-state index in [0.29, 0.717) is 30.3 Å². The first kappa shape index (κ1) is 15.3. The van der Waals surface area contributed by atoms with E-state index in [1.165, 1.54) is 0 Å². The molecule has 0 radical (unpaired) electrons. The molecule has 7 nitrogen and oxygen atoms in total. The SMILES string of the molecule is O=C(O)CC(NCCO)C(=O)c1ccc2c(c1)OCCO2. The van der Waals surface area contributed by atoms with Crippen molar-refractivity contribution < 1.29 is 29.3 Å². The number of carbonyl (C=O) groups is 2. The Hall–Kier alpha value is -2.12. The molecular formula is C14H17NO6. The summed E-state index contributed by atoms with van der Waals surface area (Å²) < 4.78 is 10.8. The van der Waals surface area contributed by atoms with Crippen LogP contribution < -0.4 is 14.8 Å². The number of benzene rings is 1. The molecule has 0 aromatic heterocycles. The molecule has 1 atom stereocenters. The summed E-state index contributed by atoms with van der Waals surface area (Å²) in [6.07, 6.45) is -0.354. The molecular weight excluding hydrogens is 278 g/mol. The number of hydrogen-bond donors (Lipinski definition) is 3. The van der Waals surface area contributed by atoms with Crippen LogP contribution in [0.25, 0.3) is 0 Å². The maximum absolute atomic E-state index is 12.4. The van der Waals surface area contributed by atoms with E-state index >= 15 is 0 Å². The van der Waals surface area contributed by atoms with Crippen molar-refractivity contribution in [2.24, 2.45) is 0 Å². The van der Waals surface area contributed by atoms with Crippen LogP contribution in [0, 0.1) is 0 Å². The van der Waals surface area contributed by atoms with Crippen LogP contribution in [0.4, 0.5) is 0 Å². The molecule has 1 aliphatic heterocycles. The number of carbonyl (C=O) groups excluding carboxylic acids is 1. The number of fused-ring (bicyclic) bond motifs is 1. The molecule has 0 bridgehead atoms. The Bertz CT molecular complexity index is 530. The Balaban J connectivity index is 2.17. The molecule has 0 amide bonds. The van der Waals surface area contributed by atoms with Gasteiger partial charge in [-0.05, 0) is 18.2 Å². The fourth-order valence-electron chi connectivity index (χ4n) is 2.07. The molecule has 0 spiro atoms. The minimum atomic E-state index is -1.09. The van der Waals surface area contributed by atoms with Gasteiger partial charge >= 0.3 is 5.97 Å². The number of carboxylic acids is 1. The van der Waals surface area contributed by atoms with Crippen molar-refractivity contribution >= 4 is 11.8 Å². The molecule has 0 aliphatic carbocycles. The lowest BCUT2D eigenvalue weighted by atomic mass is 10.0. The van der Waals surface area contributed by atoms with Crippen LogP contribution >= 0.6 is 0 Å². The van der Waals surface area contributed by atoms with Crippen molar-refractivity contribution in [3.8, 4) is 11.5 Å². The van der Waals surface area contributed by atoms with Crippen molar-refractivity contribution in [1.82, 2.24) is 5.32 Å². The van der Waals surface area contributed by atoms with Gasteiger partial charge in [0.1, 0.15) is 13.2 Å². The number of Topliss-reactive ketones (excluding diaryl/α,β-unsaturated/α-hetero) is 1. The summed E-state index contributed by atoms with van der Waals surface area (Å²) in [6, 6.07) is 3.86. The van der Waals surface area contributed by atoms with E-state index in [4.69, 9.17) is 19.7 Å². The lowest BCUT2D eigenvalue weighted by Crippen LogP contribution is -2.40. The molecule has 3 N–H and O–H groups in total. The van der Waals surface area contributed by atoms with Crippen LogP contribution in [0.3, 0.4) is 0 Å². The van der Waals surface area contributed by atoms with Gasteiger partial charge in [-0.15, -0.1) is 0 Å². The highest BCUT2D eigenvalue weighted by molar-refractivity contribution is 6.02. The lowest BCUT2D eigenvalue weighted by molar-refractivity contribution is -0.137. The molecule has 0 saturated heterocycles. The third kappa shape index (κ3) is 3.93. The number of aliphatic hydroxyl groups excluding tert-OH is 1. The summed E-state index contributed by atoms with van der Waals surface area (Å²) in [6.45, 7) is 0.838. The molecule has 1 aliphatic rings. The van der Waals surface area contributed by atoms with Crippen LogP contribution in [0.2, 0.25) is 0 Å². The van der Waals surface area contributed by atoms with Gasteiger partial charge < -0.3 is 25.0 Å². The van der Waals surface area contributed by atoms with Gasteiger partial charge in [0.2, 0.25) is 0 Å². The van der Waals surface area contributed by atoms with Gasteiger partial charge in [-0.3, -0.25) is 9.59 Å². The van der Waals surface area contributed by atoms with Gasteiger partial charge in [-0.2, -0.15) is 0 Å².